The zero-order chi connectivity index (χ0) is 13.1. The molecule has 0 aliphatic carbocycles. The Bertz CT molecular complexity index is 565. The minimum atomic E-state index is 0.116. The van der Waals surface area contributed by atoms with E-state index in [1.807, 2.05) is 34.7 Å². The van der Waals surface area contributed by atoms with E-state index in [0.29, 0.717) is 6.42 Å². The molecule has 0 fully saturated rings. The van der Waals surface area contributed by atoms with Crippen LogP contribution < -0.4 is 5.32 Å². The molecule has 1 amide bonds. The van der Waals surface area contributed by atoms with Crippen LogP contribution in [-0.4, -0.2) is 11.7 Å². The fraction of sp³-hybridized carbons (Fsp3) is 0.267. The molecule has 4 heteroatoms. The molecule has 0 unspecified atom stereocenters. The summed E-state index contributed by atoms with van der Waals surface area (Å²) in [5.41, 5.74) is 2.36. The zero-order valence-corrected chi connectivity index (χ0v) is 12.1. The molecule has 1 aromatic carbocycles. The third-order valence-electron chi connectivity index (χ3n) is 3.24. The highest BCUT2D eigenvalue weighted by Crippen LogP contribution is 2.35. The van der Waals surface area contributed by atoms with Crippen molar-refractivity contribution >= 4 is 29.0 Å². The average Bonchev–Trinajstić information content (AvgIpc) is 2.92. The lowest BCUT2D eigenvalue weighted by atomic mass is 10.0. The average molecular weight is 289 g/mol. The molecule has 2 heterocycles. The van der Waals surface area contributed by atoms with Crippen LogP contribution in [0.15, 0.2) is 46.0 Å². The SMILES string of the molecule is O=C(Cc1ccsc1)N[C@H]1CCSc2ccccc21. The quantitative estimate of drug-likeness (QED) is 0.934. The van der Waals surface area contributed by atoms with E-state index in [-0.39, 0.29) is 11.9 Å². The molecule has 0 bridgehead atoms. The van der Waals surface area contributed by atoms with Crippen molar-refractivity contribution in [3.05, 3.63) is 52.2 Å². The van der Waals surface area contributed by atoms with Gasteiger partial charge in [-0.3, -0.25) is 4.79 Å². The maximum atomic E-state index is 12.1. The van der Waals surface area contributed by atoms with Gasteiger partial charge in [-0.05, 0) is 40.4 Å². The standard InChI is InChI=1S/C15H15NOS2/c17-15(9-11-5-7-18-10-11)16-13-6-8-19-14-4-2-1-3-12(13)14/h1-5,7,10,13H,6,8-9H2,(H,16,17)/t13-/m0/s1. The topological polar surface area (TPSA) is 29.1 Å². The number of nitrogens with one attached hydrogen (secondary N) is 1. The summed E-state index contributed by atoms with van der Waals surface area (Å²) in [4.78, 5) is 13.4. The molecular weight excluding hydrogens is 274 g/mol. The molecular formula is C15H15NOS2. The fourth-order valence-electron chi connectivity index (χ4n) is 2.32. The van der Waals surface area contributed by atoms with E-state index in [0.717, 1.165) is 17.7 Å². The van der Waals surface area contributed by atoms with E-state index in [4.69, 9.17) is 0 Å². The summed E-state index contributed by atoms with van der Waals surface area (Å²) in [6.45, 7) is 0. The van der Waals surface area contributed by atoms with Gasteiger partial charge in [0, 0.05) is 10.6 Å². The molecule has 2 nitrogen and oxygen atoms in total. The van der Waals surface area contributed by atoms with Crippen molar-refractivity contribution in [2.75, 3.05) is 5.75 Å². The number of hydrogen-bond acceptors (Lipinski definition) is 3. The summed E-state index contributed by atoms with van der Waals surface area (Å²) < 4.78 is 0. The van der Waals surface area contributed by atoms with E-state index in [1.165, 1.54) is 10.5 Å². The predicted molar refractivity (Wildman–Crippen MR) is 80.7 cm³/mol. The minimum absolute atomic E-state index is 0.116. The van der Waals surface area contributed by atoms with Crippen LogP contribution in [0.5, 0.6) is 0 Å². The van der Waals surface area contributed by atoms with Crippen molar-refractivity contribution in [2.24, 2.45) is 0 Å². The largest absolute Gasteiger partial charge is 0.349 e. The molecule has 0 saturated heterocycles. The summed E-state index contributed by atoms with van der Waals surface area (Å²) >= 11 is 3.51. The van der Waals surface area contributed by atoms with Crippen molar-refractivity contribution < 1.29 is 4.79 Å². The van der Waals surface area contributed by atoms with Gasteiger partial charge in [0.25, 0.3) is 0 Å². The van der Waals surface area contributed by atoms with E-state index in [2.05, 4.69) is 23.5 Å². The maximum Gasteiger partial charge on any atom is 0.224 e. The maximum absolute atomic E-state index is 12.1. The minimum Gasteiger partial charge on any atom is -0.349 e. The Labute approximate surface area is 121 Å². The summed E-state index contributed by atoms with van der Waals surface area (Å²) in [6.07, 6.45) is 1.49. The van der Waals surface area contributed by atoms with E-state index in [9.17, 15) is 4.79 Å². The summed E-state index contributed by atoms with van der Waals surface area (Å²) in [5, 5.41) is 7.21. The first kappa shape index (κ1) is 12.8. The van der Waals surface area contributed by atoms with Gasteiger partial charge in [-0.1, -0.05) is 18.2 Å². The predicted octanol–water partition coefficient (Wildman–Crippen LogP) is 3.64. The number of carbonyl (C=O) groups is 1. The second-order valence-corrected chi connectivity index (χ2v) is 6.52. The molecule has 1 N–H and O–H groups in total. The Hall–Kier alpha value is -1.26. The number of rotatable bonds is 3. The molecule has 1 aromatic heterocycles. The number of thioether (sulfide) groups is 1. The lowest BCUT2D eigenvalue weighted by Gasteiger charge is -2.25. The lowest BCUT2D eigenvalue weighted by Crippen LogP contribution is -2.31. The second-order valence-electron chi connectivity index (χ2n) is 4.60. The van der Waals surface area contributed by atoms with Crippen molar-refractivity contribution in [3.63, 3.8) is 0 Å². The van der Waals surface area contributed by atoms with Gasteiger partial charge in [0.05, 0.1) is 12.5 Å². The van der Waals surface area contributed by atoms with Crippen LogP contribution in [0.1, 0.15) is 23.6 Å². The van der Waals surface area contributed by atoms with Gasteiger partial charge in [0.1, 0.15) is 0 Å². The third kappa shape index (κ3) is 3.01. The van der Waals surface area contributed by atoms with Gasteiger partial charge < -0.3 is 5.32 Å². The fourth-order valence-corrected chi connectivity index (χ4v) is 4.11. The Morgan fingerprint density at radius 3 is 3.05 bits per heavy atom. The van der Waals surface area contributed by atoms with Crippen molar-refractivity contribution in [1.82, 2.24) is 5.32 Å². The molecule has 98 valence electrons. The van der Waals surface area contributed by atoms with Gasteiger partial charge in [0.15, 0.2) is 0 Å². The van der Waals surface area contributed by atoms with Gasteiger partial charge >= 0.3 is 0 Å². The third-order valence-corrected chi connectivity index (χ3v) is 5.09. The smallest absolute Gasteiger partial charge is 0.224 e. The summed E-state index contributed by atoms with van der Waals surface area (Å²) in [5.74, 6) is 1.19. The van der Waals surface area contributed by atoms with Crippen LogP contribution >= 0.6 is 23.1 Å². The van der Waals surface area contributed by atoms with Gasteiger partial charge in [0.2, 0.25) is 5.91 Å². The normalized spacial score (nSPS) is 17.8. The van der Waals surface area contributed by atoms with Gasteiger partial charge in [-0.15, -0.1) is 11.8 Å². The highest BCUT2D eigenvalue weighted by Gasteiger charge is 2.21. The van der Waals surface area contributed by atoms with Crippen LogP contribution in [-0.2, 0) is 11.2 Å². The first-order valence-corrected chi connectivity index (χ1v) is 8.28. The van der Waals surface area contributed by atoms with Crippen LogP contribution in [0, 0.1) is 0 Å². The Morgan fingerprint density at radius 2 is 2.21 bits per heavy atom. The zero-order valence-electron chi connectivity index (χ0n) is 10.5. The molecule has 1 aliphatic heterocycles. The molecule has 0 spiro atoms. The van der Waals surface area contributed by atoms with Crippen LogP contribution in [0.25, 0.3) is 0 Å². The lowest BCUT2D eigenvalue weighted by molar-refractivity contribution is -0.121. The van der Waals surface area contributed by atoms with Crippen LogP contribution in [0.4, 0.5) is 0 Å². The van der Waals surface area contributed by atoms with E-state index < -0.39 is 0 Å². The van der Waals surface area contributed by atoms with Crippen molar-refractivity contribution in [1.29, 1.82) is 0 Å². The van der Waals surface area contributed by atoms with Crippen LogP contribution in [0.3, 0.4) is 0 Å². The monoisotopic (exact) mass is 289 g/mol. The Balaban J connectivity index is 1.69. The Kier molecular flexibility index (Phi) is 3.89. The second kappa shape index (κ2) is 5.80. The van der Waals surface area contributed by atoms with Gasteiger partial charge in [-0.25, -0.2) is 0 Å². The summed E-state index contributed by atoms with van der Waals surface area (Å²) in [7, 11) is 0. The highest BCUT2D eigenvalue weighted by atomic mass is 32.2. The molecule has 1 atom stereocenters. The first-order chi connectivity index (χ1) is 9.33. The first-order valence-electron chi connectivity index (χ1n) is 6.35. The molecule has 1 aliphatic rings. The summed E-state index contributed by atoms with van der Waals surface area (Å²) in [6, 6.07) is 10.5. The van der Waals surface area contributed by atoms with Gasteiger partial charge in [-0.2, -0.15) is 11.3 Å². The number of hydrogen-bond donors (Lipinski definition) is 1. The molecule has 2 aromatic rings. The van der Waals surface area contributed by atoms with Crippen molar-refractivity contribution in [3.8, 4) is 0 Å². The number of benzene rings is 1. The Morgan fingerprint density at radius 1 is 1.32 bits per heavy atom. The van der Waals surface area contributed by atoms with Crippen LogP contribution in [0.2, 0.25) is 0 Å². The molecule has 0 radical (unpaired) electrons. The number of amides is 1. The number of thiophene rings is 1. The molecule has 3 rings (SSSR count). The number of fused-ring (bicyclic) bond motifs is 1. The molecule has 0 saturated carbocycles. The van der Waals surface area contributed by atoms with E-state index >= 15 is 0 Å². The van der Waals surface area contributed by atoms with Crippen molar-refractivity contribution in [2.45, 2.75) is 23.8 Å². The number of carbonyl (C=O) groups excluding carboxylic acids is 1. The van der Waals surface area contributed by atoms with E-state index in [1.54, 1.807) is 11.3 Å². The molecule has 19 heavy (non-hydrogen) atoms. The highest BCUT2D eigenvalue weighted by molar-refractivity contribution is 7.99.